The van der Waals surface area contributed by atoms with Crippen molar-refractivity contribution >= 4 is 23.0 Å². The van der Waals surface area contributed by atoms with E-state index in [1.807, 2.05) is 13.8 Å². The van der Waals surface area contributed by atoms with E-state index in [4.69, 9.17) is 15.7 Å². The third-order valence-electron chi connectivity index (χ3n) is 7.85. The molecule has 0 aliphatic rings. The number of hydrogen-bond acceptors (Lipinski definition) is 8. The minimum absolute atomic E-state index is 0.386. The van der Waals surface area contributed by atoms with Gasteiger partial charge in [0.25, 0.3) is 12.6 Å². The number of aromatic nitrogens is 4. The van der Waals surface area contributed by atoms with Gasteiger partial charge in [0.1, 0.15) is 18.0 Å². The van der Waals surface area contributed by atoms with Crippen molar-refractivity contribution in [3.05, 3.63) is 117 Å². The summed E-state index contributed by atoms with van der Waals surface area (Å²) < 4.78 is 52.2. The van der Waals surface area contributed by atoms with Crippen LogP contribution in [-0.2, 0) is 21.7 Å². The largest absolute Gasteiger partial charge is 0.424 e. The van der Waals surface area contributed by atoms with Crippen molar-refractivity contribution in [3.8, 4) is 17.3 Å². The molecule has 5 aromatic rings. The van der Waals surface area contributed by atoms with Gasteiger partial charge in [0.05, 0.1) is 22.3 Å². The number of thiazole rings is 1. The van der Waals surface area contributed by atoms with Gasteiger partial charge in [-0.05, 0) is 55.3 Å². The number of benzene rings is 3. The van der Waals surface area contributed by atoms with Crippen LogP contribution in [0.3, 0.4) is 0 Å². The van der Waals surface area contributed by atoms with Crippen LogP contribution in [0.25, 0.3) is 11.3 Å². The lowest BCUT2D eigenvalue weighted by Gasteiger charge is -2.32. The van der Waals surface area contributed by atoms with Crippen LogP contribution in [0, 0.1) is 42.6 Å². The molecule has 13 heteroatoms. The zero-order valence-corrected chi connectivity index (χ0v) is 26.1. The quantitative estimate of drug-likeness (QED) is 0.0924. The van der Waals surface area contributed by atoms with E-state index >= 15 is 4.39 Å². The van der Waals surface area contributed by atoms with Crippen molar-refractivity contribution < 1.29 is 32.4 Å². The summed E-state index contributed by atoms with van der Waals surface area (Å²) in [6.07, 6.45) is 1.87. The molecule has 46 heavy (non-hydrogen) atoms. The van der Waals surface area contributed by atoms with E-state index in [1.54, 1.807) is 48.7 Å². The van der Waals surface area contributed by atoms with Crippen LogP contribution >= 0.6 is 11.3 Å². The molecule has 3 atom stereocenters. The third-order valence-corrected chi connectivity index (χ3v) is 8.87. The van der Waals surface area contributed by atoms with E-state index in [-0.39, 0.29) is 0 Å². The summed E-state index contributed by atoms with van der Waals surface area (Å²) in [6.45, 7) is 6.10. The lowest BCUT2D eigenvalue weighted by atomic mass is 9.82. The van der Waals surface area contributed by atoms with Crippen molar-refractivity contribution in [1.29, 1.82) is 5.26 Å². The van der Waals surface area contributed by atoms with Crippen molar-refractivity contribution in [2.75, 3.05) is 5.73 Å². The predicted molar refractivity (Wildman–Crippen MR) is 164 cm³/mol. The van der Waals surface area contributed by atoms with E-state index in [0.29, 0.717) is 45.2 Å². The molecule has 0 bridgehead atoms. The van der Waals surface area contributed by atoms with E-state index in [1.165, 1.54) is 40.2 Å². The molecule has 2 heterocycles. The summed E-state index contributed by atoms with van der Waals surface area (Å²) in [7, 11) is 0. The van der Waals surface area contributed by atoms with E-state index < -0.39 is 53.3 Å². The first-order valence-corrected chi connectivity index (χ1v) is 15.0. The summed E-state index contributed by atoms with van der Waals surface area (Å²) in [5, 5.41) is 27.8. The molecule has 0 aliphatic heterocycles. The van der Waals surface area contributed by atoms with Crippen LogP contribution in [-0.4, -0.2) is 25.8 Å². The molecule has 9 nitrogen and oxygen atoms in total. The molecule has 3 N–H and O–H groups in total. The SMILES string of the molecule is CC(=O)OC(c1cc(C)c(N)c(C)c1)[n+]1cnn(CC(O)(c2cc(F)c(F)cc2F)C(C)c2nc(-c3ccc(C#N)cc3)cs2)c1. The fourth-order valence-electron chi connectivity index (χ4n) is 5.25. The van der Waals surface area contributed by atoms with E-state index in [9.17, 15) is 18.7 Å². The number of nitrogens with zero attached hydrogens (tertiary/aromatic N) is 5. The number of hydrogen-bond donors (Lipinski definition) is 2. The number of rotatable bonds is 9. The Labute approximate surface area is 267 Å². The predicted octanol–water partition coefficient (Wildman–Crippen LogP) is 5.58. The second-order valence-electron chi connectivity index (χ2n) is 11.1. The zero-order chi connectivity index (χ0) is 33.3. The van der Waals surface area contributed by atoms with Crippen LogP contribution in [0.2, 0.25) is 0 Å². The minimum Gasteiger partial charge on any atom is -0.424 e. The topological polar surface area (TPSA) is 131 Å². The van der Waals surface area contributed by atoms with Gasteiger partial charge < -0.3 is 15.6 Å². The zero-order valence-electron chi connectivity index (χ0n) is 25.3. The van der Waals surface area contributed by atoms with Crippen LogP contribution in [0.15, 0.2) is 66.6 Å². The number of carbonyl (C=O) groups excluding carboxylic acids is 1. The van der Waals surface area contributed by atoms with Gasteiger partial charge in [-0.1, -0.05) is 19.1 Å². The maximum absolute atomic E-state index is 15.3. The number of nitrogen functional groups attached to an aromatic ring is 1. The molecule has 3 unspecified atom stereocenters. The highest BCUT2D eigenvalue weighted by Gasteiger charge is 2.44. The molecule has 0 saturated carbocycles. The van der Waals surface area contributed by atoms with Gasteiger partial charge in [0.15, 0.2) is 11.6 Å². The van der Waals surface area contributed by atoms with Crippen molar-refractivity contribution in [2.45, 2.75) is 52.0 Å². The summed E-state index contributed by atoms with van der Waals surface area (Å²) in [5.41, 5.74) is 7.96. The van der Waals surface area contributed by atoms with Crippen molar-refractivity contribution in [3.63, 3.8) is 0 Å². The molecule has 236 valence electrons. The average molecular weight is 648 g/mol. The number of nitriles is 1. The number of anilines is 1. The highest BCUT2D eigenvalue weighted by atomic mass is 32.1. The monoisotopic (exact) mass is 647 g/mol. The Bertz CT molecular complexity index is 1950. The van der Waals surface area contributed by atoms with Crippen molar-refractivity contribution in [2.24, 2.45) is 0 Å². The first kappa shape index (κ1) is 32.3. The lowest BCUT2D eigenvalue weighted by molar-refractivity contribution is -0.747. The van der Waals surface area contributed by atoms with Gasteiger partial charge in [0, 0.05) is 51.8 Å². The minimum atomic E-state index is -2.19. The molecule has 0 spiro atoms. The van der Waals surface area contributed by atoms with Crippen LogP contribution in [0.1, 0.15) is 58.8 Å². The van der Waals surface area contributed by atoms with Gasteiger partial charge in [-0.25, -0.2) is 18.2 Å². The van der Waals surface area contributed by atoms with Crippen LogP contribution in [0.4, 0.5) is 18.9 Å². The highest BCUT2D eigenvalue weighted by molar-refractivity contribution is 7.10. The van der Waals surface area contributed by atoms with Gasteiger partial charge in [-0.2, -0.15) is 9.83 Å². The van der Waals surface area contributed by atoms with Crippen LogP contribution in [0.5, 0.6) is 0 Å². The van der Waals surface area contributed by atoms with Gasteiger partial charge >= 0.3 is 5.97 Å². The number of nitrogens with two attached hydrogens (primary N) is 1. The molecule has 3 aromatic carbocycles. The smallest absolute Gasteiger partial charge is 0.305 e. The fraction of sp³-hybridized carbons (Fsp3) is 0.242. The van der Waals surface area contributed by atoms with Crippen LogP contribution < -0.4 is 10.3 Å². The molecule has 0 fully saturated rings. The number of ether oxygens (including phenoxy) is 1. The molecule has 2 aromatic heterocycles. The Morgan fingerprint density at radius 2 is 1.78 bits per heavy atom. The van der Waals surface area contributed by atoms with E-state index in [2.05, 4.69) is 16.2 Å². The normalized spacial score (nSPS) is 13.9. The summed E-state index contributed by atoms with van der Waals surface area (Å²) >= 11 is 1.20. The molecule has 0 saturated heterocycles. The molecule has 0 amide bonds. The maximum atomic E-state index is 15.3. The Balaban J connectivity index is 1.55. The van der Waals surface area contributed by atoms with E-state index in [0.717, 1.165) is 11.1 Å². The molecule has 5 rings (SSSR count). The Morgan fingerprint density at radius 3 is 2.41 bits per heavy atom. The first-order chi connectivity index (χ1) is 21.8. The number of esters is 1. The van der Waals surface area contributed by atoms with Crippen molar-refractivity contribution in [1.82, 2.24) is 14.8 Å². The van der Waals surface area contributed by atoms with Gasteiger partial charge in [-0.3, -0.25) is 4.79 Å². The number of aryl methyl sites for hydroxylation is 2. The number of carbonyl (C=O) groups is 1. The standard InChI is InChI=1S/C33H30F3N6O3S/c1-18-9-24(10-19(2)30(18)38)32(45-21(4)43)41-16-39-42(17-41)15-33(44,25-11-27(35)28(36)12-26(25)34)20(3)31-40-29(14-46-31)23-7-5-22(13-37)6-8-23/h5-12,14,16-17,20,32,44H,15,38H2,1-4H3/q+1. The Hall–Kier alpha value is -5.06. The average Bonchev–Trinajstić information content (AvgIpc) is 3.70. The highest BCUT2D eigenvalue weighted by Crippen LogP contribution is 2.42. The molecule has 0 aliphatic carbocycles. The lowest BCUT2D eigenvalue weighted by Crippen LogP contribution is -2.42. The second-order valence-corrected chi connectivity index (χ2v) is 12.0. The maximum Gasteiger partial charge on any atom is 0.305 e. The summed E-state index contributed by atoms with van der Waals surface area (Å²) in [4.78, 5) is 16.7. The molecule has 0 radical (unpaired) electrons. The molecular weight excluding hydrogens is 617 g/mol. The Morgan fingerprint density at radius 1 is 1.13 bits per heavy atom. The number of halogens is 3. The van der Waals surface area contributed by atoms with Gasteiger partial charge in [0.2, 0.25) is 6.33 Å². The molecular formula is C33H30F3N6O3S+. The fourth-order valence-corrected chi connectivity index (χ4v) is 6.22. The summed E-state index contributed by atoms with van der Waals surface area (Å²) in [6, 6.07) is 13.4. The second kappa shape index (κ2) is 12.7. The Kier molecular flexibility index (Phi) is 8.96. The number of aliphatic hydroxyl groups is 1. The van der Waals surface area contributed by atoms with Gasteiger partial charge in [-0.15, -0.1) is 16.0 Å². The first-order valence-electron chi connectivity index (χ1n) is 14.1. The third kappa shape index (κ3) is 6.35. The summed E-state index contributed by atoms with van der Waals surface area (Å²) in [5.74, 6) is -5.40.